The fourth-order valence-electron chi connectivity index (χ4n) is 4.75. The van der Waals surface area contributed by atoms with E-state index < -0.39 is 6.10 Å². The van der Waals surface area contributed by atoms with Gasteiger partial charge in [-0.2, -0.15) is 0 Å². The second-order valence-electron chi connectivity index (χ2n) is 11.6. The Bertz CT molecular complexity index is 610. The number of esters is 1. The molecule has 1 unspecified atom stereocenters. The van der Waals surface area contributed by atoms with Gasteiger partial charge in [-0.15, -0.1) is 0 Å². The predicted molar refractivity (Wildman–Crippen MR) is 177 cm³/mol. The van der Waals surface area contributed by atoms with E-state index in [1.807, 2.05) is 0 Å². The van der Waals surface area contributed by atoms with Crippen molar-refractivity contribution in [3.8, 4) is 0 Å². The molecule has 0 rings (SSSR count). The number of ether oxygens (including phenoxy) is 2. The van der Waals surface area contributed by atoms with E-state index in [4.69, 9.17) is 9.47 Å². The molecule has 0 aliphatic carbocycles. The lowest BCUT2D eigenvalue weighted by atomic mass is 10.1. The van der Waals surface area contributed by atoms with Gasteiger partial charge in [0.1, 0.15) is 6.10 Å². The minimum Gasteiger partial charge on any atom is -0.457 e. The third-order valence-corrected chi connectivity index (χ3v) is 7.44. The summed E-state index contributed by atoms with van der Waals surface area (Å²) in [5.41, 5.74) is 0. The molecule has 0 aromatic rings. The van der Waals surface area contributed by atoms with Gasteiger partial charge in [-0.1, -0.05) is 134 Å². The van der Waals surface area contributed by atoms with Crippen LogP contribution in [0.3, 0.4) is 0 Å². The van der Waals surface area contributed by atoms with Crippen LogP contribution in [-0.4, -0.2) is 37.0 Å². The summed E-state index contributed by atoms with van der Waals surface area (Å²) >= 11 is 0. The fraction of sp³-hybridized carbons (Fsp3) is 0.811. The Morgan fingerprint density at radius 1 is 0.585 bits per heavy atom. The van der Waals surface area contributed by atoms with E-state index in [0.29, 0.717) is 13.0 Å². The van der Waals surface area contributed by atoms with Crippen LogP contribution in [0.2, 0.25) is 0 Å². The van der Waals surface area contributed by atoms with Gasteiger partial charge < -0.3 is 14.6 Å². The van der Waals surface area contributed by atoms with Crippen molar-refractivity contribution >= 4 is 5.97 Å². The number of aliphatic hydroxyl groups is 1. The highest BCUT2D eigenvalue weighted by Crippen LogP contribution is 2.11. The van der Waals surface area contributed by atoms with E-state index in [-0.39, 0.29) is 19.2 Å². The third-order valence-electron chi connectivity index (χ3n) is 7.44. The normalized spacial score (nSPS) is 12.8. The molecular weight excluding hydrogens is 508 g/mol. The minimum atomic E-state index is -0.542. The van der Waals surface area contributed by atoms with E-state index in [0.717, 1.165) is 38.5 Å². The maximum atomic E-state index is 12.1. The first-order chi connectivity index (χ1) is 20.2. The first-order valence-corrected chi connectivity index (χ1v) is 17.6. The SMILES string of the molecule is CCCC/C=C\C/C=C\CCCCCCCC(=O)OC(CO)COCCCCCCCC/C=C\CCCCCCC. The van der Waals surface area contributed by atoms with Crippen molar-refractivity contribution in [2.75, 3.05) is 19.8 Å². The summed E-state index contributed by atoms with van der Waals surface area (Å²) in [7, 11) is 0. The van der Waals surface area contributed by atoms with Crippen LogP contribution in [0.5, 0.6) is 0 Å². The Balaban J connectivity index is 3.48. The average Bonchev–Trinajstić information content (AvgIpc) is 2.98. The lowest BCUT2D eigenvalue weighted by Gasteiger charge is -2.15. The van der Waals surface area contributed by atoms with E-state index in [2.05, 4.69) is 50.3 Å². The number of carbonyl (C=O) groups is 1. The van der Waals surface area contributed by atoms with Gasteiger partial charge in [-0.25, -0.2) is 0 Å². The third kappa shape index (κ3) is 33.0. The molecule has 41 heavy (non-hydrogen) atoms. The summed E-state index contributed by atoms with van der Waals surface area (Å²) in [6, 6.07) is 0. The average molecular weight is 577 g/mol. The fourth-order valence-corrected chi connectivity index (χ4v) is 4.75. The highest BCUT2D eigenvalue weighted by atomic mass is 16.6. The number of carbonyl (C=O) groups excluding carboxylic acids is 1. The van der Waals surface area contributed by atoms with Gasteiger partial charge in [-0.05, 0) is 64.2 Å². The zero-order chi connectivity index (χ0) is 29.9. The Morgan fingerprint density at radius 2 is 1.05 bits per heavy atom. The van der Waals surface area contributed by atoms with Crippen molar-refractivity contribution in [3.63, 3.8) is 0 Å². The topological polar surface area (TPSA) is 55.8 Å². The van der Waals surface area contributed by atoms with Crippen molar-refractivity contribution in [3.05, 3.63) is 36.5 Å². The molecule has 0 aromatic heterocycles. The lowest BCUT2D eigenvalue weighted by Crippen LogP contribution is -2.27. The summed E-state index contributed by atoms with van der Waals surface area (Å²) in [5, 5.41) is 9.53. The van der Waals surface area contributed by atoms with Crippen molar-refractivity contribution in [2.45, 2.75) is 174 Å². The molecule has 0 aliphatic heterocycles. The predicted octanol–water partition coefficient (Wildman–Crippen LogP) is 11.0. The molecular formula is C37H68O4. The maximum Gasteiger partial charge on any atom is 0.306 e. The molecule has 240 valence electrons. The lowest BCUT2D eigenvalue weighted by molar-refractivity contribution is -0.154. The van der Waals surface area contributed by atoms with Gasteiger partial charge in [0.25, 0.3) is 0 Å². The van der Waals surface area contributed by atoms with E-state index in [1.165, 1.54) is 109 Å². The van der Waals surface area contributed by atoms with Gasteiger partial charge >= 0.3 is 5.97 Å². The standard InChI is InChI=1S/C37H68O4/c1-3-5-7-9-11-13-15-17-19-21-23-25-27-29-31-33-40-35-36(34-38)41-37(39)32-30-28-26-24-22-20-18-16-14-12-10-8-6-4-2/h10,12,15-18,36,38H,3-9,11,13-14,19-35H2,1-2H3/b12-10-,17-15-,18-16-. The van der Waals surface area contributed by atoms with Crippen molar-refractivity contribution < 1.29 is 19.4 Å². The van der Waals surface area contributed by atoms with Crippen molar-refractivity contribution in [1.82, 2.24) is 0 Å². The zero-order valence-corrected chi connectivity index (χ0v) is 27.3. The van der Waals surface area contributed by atoms with Gasteiger partial charge in [0.2, 0.25) is 0 Å². The summed E-state index contributed by atoms with van der Waals surface area (Å²) in [5.74, 6) is -0.218. The van der Waals surface area contributed by atoms with Crippen LogP contribution in [0.4, 0.5) is 0 Å². The van der Waals surface area contributed by atoms with Gasteiger partial charge in [0, 0.05) is 13.0 Å². The van der Waals surface area contributed by atoms with Crippen molar-refractivity contribution in [1.29, 1.82) is 0 Å². The zero-order valence-electron chi connectivity index (χ0n) is 27.3. The molecule has 4 nitrogen and oxygen atoms in total. The second-order valence-corrected chi connectivity index (χ2v) is 11.6. The van der Waals surface area contributed by atoms with Crippen LogP contribution >= 0.6 is 0 Å². The summed E-state index contributed by atoms with van der Waals surface area (Å²) in [6.07, 6.45) is 41.7. The number of rotatable bonds is 32. The highest BCUT2D eigenvalue weighted by molar-refractivity contribution is 5.69. The van der Waals surface area contributed by atoms with E-state index >= 15 is 0 Å². The molecule has 0 bridgehead atoms. The molecule has 1 atom stereocenters. The number of aliphatic hydroxyl groups excluding tert-OH is 1. The van der Waals surface area contributed by atoms with Crippen molar-refractivity contribution in [2.24, 2.45) is 0 Å². The molecule has 0 fully saturated rings. The molecule has 0 heterocycles. The van der Waals surface area contributed by atoms with Crippen LogP contribution in [0.1, 0.15) is 168 Å². The molecule has 0 saturated heterocycles. The van der Waals surface area contributed by atoms with E-state index in [1.54, 1.807) is 0 Å². The molecule has 0 aromatic carbocycles. The van der Waals surface area contributed by atoms with Crippen LogP contribution < -0.4 is 0 Å². The minimum absolute atomic E-state index is 0.179. The van der Waals surface area contributed by atoms with E-state index in [9.17, 15) is 9.90 Å². The first-order valence-electron chi connectivity index (χ1n) is 17.6. The molecule has 0 aliphatic rings. The van der Waals surface area contributed by atoms with Crippen LogP contribution in [0.25, 0.3) is 0 Å². The Hall–Kier alpha value is -1.39. The second kappa shape index (κ2) is 34.8. The number of unbranched alkanes of at least 4 members (excludes halogenated alkanes) is 18. The van der Waals surface area contributed by atoms with Gasteiger partial charge in [0.15, 0.2) is 0 Å². The van der Waals surface area contributed by atoms with Crippen LogP contribution in [0.15, 0.2) is 36.5 Å². The first kappa shape index (κ1) is 39.6. The Morgan fingerprint density at radius 3 is 1.61 bits per heavy atom. The summed E-state index contributed by atoms with van der Waals surface area (Å²) < 4.78 is 11.1. The smallest absolute Gasteiger partial charge is 0.306 e. The molecule has 0 amide bonds. The monoisotopic (exact) mass is 577 g/mol. The van der Waals surface area contributed by atoms with Crippen LogP contribution in [0, 0.1) is 0 Å². The number of hydrogen-bond acceptors (Lipinski definition) is 4. The summed E-state index contributed by atoms with van der Waals surface area (Å²) in [6.45, 7) is 5.27. The Labute approximate surface area is 255 Å². The molecule has 0 radical (unpaired) electrons. The molecule has 4 heteroatoms. The molecule has 0 spiro atoms. The van der Waals surface area contributed by atoms with Gasteiger partial charge in [-0.3, -0.25) is 4.79 Å². The molecule has 0 saturated carbocycles. The van der Waals surface area contributed by atoms with Crippen LogP contribution in [-0.2, 0) is 14.3 Å². The van der Waals surface area contributed by atoms with Gasteiger partial charge in [0.05, 0.1) is 13.2 Å². The Kier molecular flexibility index (Phi) is 33.6. The number of hydrogen-bond donors (Lipinski definition) is 1. The quantitative estimate of drug-likeness (QED) is 0.0491. The highest BCUT2D eigenvalue weighted by Gasteiger charge is 2.13. The molecule has 1 N–H and O–H groups in total. The summed E-state index contributed by atoms with van der Waals surface area (Å²) in [4.78, 5) is 12.1. The largest absolute Gasteiger partial charge is 0.457 e. The number of allylic oxidation sites excluding steroid dienone is 6. The maximum absolute atomic E-state index is 12.1.